The van der Waals surface area contributed by atoms with E-state index in [1.807, 2.05) is 12.1 Å². The number of phenols is 1. The number of phenolic OH excluding ortho intramolecular Hbond substituents is 1. The number of hydrogen-bond acceptors (Lipinski definition) is 3. The molecule has 3 rings (SSSR count). The van der Waals surface area contributed by atoms with Gasteiger partial charge >= 0.3 is 0 Å². The predicted molar refractivity (Wildman–Crippen MR) is 73.0 cm³/mol. The van der Waals surface area contributed by atoms with Crippen LogP contribution in [0.4, 0.5) is 0 Å². The zero-order chi connectivity index (χ0) is 12.5. The van der Waals surface area contributed by atoms with Gasteiger partial charge in [-0.25, -0.2) is 0 Å². The van der Waals surface area contributed by atoms with E-state index in [0.29, 0.717) is 17.6 Å². The highest BCUT2D eigenvalue weighted by Crippen LogP contribution is 2.30. The lowest BCUT2D eigenvalue weighted by molar-refractivity contribution is 0.317. The molecule has 3 nitrogen and oxygen atoms in total. The van der Waals surface area contributed by atoms with Gasteiger partial charge in [0.25, 0.3) is 0 Å². The smallest absolute Gasteiger partial charge is 0.138 e. The van der Waals surface area contributed by atoms with Crippen LogP contribution in [-0.2, 0) is 6.54 Å². The molecule has 98 valence electrons. The zero-order valence-electron chi connectivity index (χ0n) is 10.4. The van der Waals surface area contributed by atoms with E-state index < -0.39 is 0 Å². The minimum atomic E-state index is 0.212. The fraction of sp³-hybridized carbons (Fsp3) is 0.571. The molecule has 2 aliphatic rings. The Morgan fingerprint density at radius 2 is 2.17 bits per heavy atom. The molecule has 1 aliphatic heterocycles. The second kappa shape index (κ2) is 5.08. The van der Waals surface area contributed by atoms with Crippen molar-refractivity contribution in [3.63, 3.8) is 0 Å². The van der Waals surface area contributed by atoms with Crippen molar-refractivity contribution in [3.8, 4) is 5.75 Å². The van der Waals surface area contributed by atoms with E-state index in [1.54, 1.807) is 6.07 Å². The molecule has 0 aromatic heterocycles. The Balaban J connectivity index is 1.53. The van der Waals surface area contributed by atoms with Gasteiger partial charge in [-0.2, -0.15) is 0 Å². The molecule has 0 bridgehead atoms. The fourth-order valence-electron chi connectivity index (χ4n) is 2.68. The molecule has 1 atom stereocenters. The van der Waals surface area contributed by atoms with Crippen LogP contribution in [0.3, 0.4) is 0 Å². The number of hydrogen-bond donors (Lipinski definition) is 2. The first-order valence-electron chi connectivity index (χ1n) is 6.68. The minimum Gasteiger partial charge on any atom is -0.506 e. The number of likely N-dealkylation sites (tertiary alicyclic amines) is 1. The highest BCUT2D eigenvalue weighted by Gasteiger charge is 2.34. The van der Waals surface area contributed by atoms with Crippen LogP contribution in [-0.4, -0.2) is 35.2 Å². The van der Waals surface area contributed by atoms with Crippen molar-refractivity contribution in [2.75, 3.05) is 13.1 Å². The third-order valence-electron chi connectivity index (χ3n) is 3.93. The molecule has 0 radical (unpaired) electrons. The number of aromatic hydroxyl groups is 1. The van der Waals surface area contributed by atoms with Crippen LogP contribution in [0.2, 0.25) is 5.02 Å². The molecule has 1 aromatic rings. The van der Waals surface area contributed by atoms with Crippen LogP contribution >= 0.6 is 11.6 Å². The minimum absolute atomic E-state index is 0.212. The first-order chi connectivity index (χ1) is 8.74. The zero-order valence-corrected chi connectivity index (χ0v) is 11.2. The second-order valence-corrected chi connectivity index (χ2v) is 5.75. The van der Waals surface area contributed by atoms with E-state index in [0.717, 1.165) is 18.2 Å². The SMILES string of the molecule is Oc1c(Cl)cccc1CNC1CCN(C2CC2)C1. The van der Waals surface area contributed by atoms with E-state index >= 15 is 0 Å². The maximum Gasteiger partial charge on any atom is 0.138 e. The van der Waals surface area contributed by atoms with Crippen molar-refractivity contribution in [3.05, 3.63) is 28.8 Å². The van der Waals surface area contributed by atoms with Gasteiger partial charge in [-0.3, -0.25) is 4.90 Å². The number of benzene rings is 1. The molecule has 1 saturated carbocycles. The van der Waals surface area contributed by atoms with Crippen LogP contribution in [0.5, 0.6) is 5.75 Å². The van der Waals surface area contributed by atoms with Gasteiger partial charge in [0.1, 0.15) is 5.75 Å². The molecule has 0 amide bonds. The van der Waals surface area contributed by atoms with Gasteiger partial charge in [0.05, 0.1) is 5.02 Å². The van der Waals surface area contributed by atoms with Crippen molar-refractivity contribution in [2.24, 2.45) is 0 Å². The summed E-state index contributed by atoms with van der Waals surface area (Å²) in [5.41, 5.74) is 0.882. The summed E-state index contributed by atoms with van der Waals surface area (Å²) in [6.07, 6.45) is 3.96. The van der Waals surface area contributed by atoms with Gasteiger partial charge in [-0.05, 0) is 25.3 Å². The van der Waals surface area contributed by atoms with Crippen LogP contribution in [0.15, 0.2) is 18.2 Å². The van der Waals surface area contributed by atoms with E-state index in [4.69, 9.17) is 11.6 Å². The normalized spacial score (nSPS) is 24.6. The van der Waals surface area contributed by atoms with Crippen molar-refractivity contribution < 1.29 is 5.11 Å². The summed E-state index contributed by atoms with van der Waals surface area (Å²) in [5, 5.41) is 13.8. The molecular formula is C14H19ClN2O. The van der Waals surface area contributed by atoms with Crippen molar-refractivity contribution in [1.29, 1.82) is 0 Å². The first-order valence-corrected chi connectivity index (χ1v) is 7.05. The Hall–Kier alpha value is -0.770. The Kier molecular flexibility index (Phi) is 3.46. The van der Waals surface area contributed by atoms with Crippen LogP contribution in [0.25, 0.3) is 0 Å². The highest BCUT2D eigenvalue weighted by molar-refractivity contribution is 6.32. The predicted octanol–water partition coefficient (Wildman–Crippen LogP) is 2.37. The van der Waals surface area contributed by atoms with E-state index in [2.05, 4.69) is 10.2 Å². The van der Waals surface area contributed by atoms with Gasteiger partial charge in [-0.15, -0.1) is 0 Å². The monoisotopic (exact) mass is 266 g/mol. The maximum absolute atomic E-state index is 9.84. The van der Waals surface area contributed by atoms with Gasteiger partial charge in [0.15, 0.2) is 0 Å². The molecular weight excluding hydrogens is 248 g/mol. The van der Waals surface area contributed by atoms with Crippen molar-refractivity contribution in [2.45, 2.75) is 37.9 Å². The lowest BCUT2D eigenvalue weighted by Gasteiger charge is -2.16. The number of nitrogens with one attached hydrogen (secondary N) is 1. The maximum atomic E-state index is 9.84. The Morgan fingerprint density at radius 3 is 2.94 bits per heavy atom. The third-order valence-corrected chi connectivity index (χ3v) is 4.24. The third kappa shape index (κ3) is 2.63. The van der Waals surface area contributed by atoms with Gasteiger partial charge < -0.3 is 10.4 Å². The molecule has 2 fully saturated rings. The largest absolute Gasteiger partial charge is 0.506 e. The number of rotatable bonds is 4. The molecule has 1 saturated heterocycles. The molecule has 0 spiro atoms. The number of nitrogens with zero attached hydrogens (tertiary/aromatic N) is 1. The summed E-state index contributed by atoms with van der Waals surface area (Å²) in [5.74, 6) is 0.212. The highest BCUT2D eigenvalue weighted by atomic mass is 35.5. The van der Waals surface area contributed by atoms with Crippen molar-refractivity contribution in [1.82, 2.24) is 10.2 Å². The lowest BCUT2D eigenvalue weighted by atomic mass is 10.2. The van der Waals surface area contributed by atoms with Crippen LogP contribution < -0.4 is 5.32 Å². The van der Waals surface area contributed by atoms with Gasteiger partial charge in [0.2, 0.25) is 0 Å². The molecule has 1 aromatic carbocycles. The van der Waals surface area contributed by atoms with E-state index in [-0.39, 0.29) is 5.75 Å². The summed E-state index contributed by atoms with van der Waals surface area (Å²) in [7, 11) is 0. The van der Waals surface area contributed by atoms with E-state index in [1.165, 1.54) is 25.8 Å². The number of para-hydroxylation sites is 1. The quantitative estimate of drug-likeness (QED) is 0.878. The number of halogens is 1. The lowest BCUT2D eigenvalue weighted by Crippen LogP contribution is -2.32. The summed E-state index contributed by atoms with van der Waals surface area (Å²) in [6, 6.07) is 6.91. The average molecular weight is 267 g/mol. The molecule has 1 heterocycles. The molecule has 18 heavy (non-hydrogen) atoms. The Labute approximate surface area is 113 Å². The van der Waals surface area contributed by atoms with Gasteiger partial charge in [-0.1, -0.05) is 23.7 Å². The Bertz CT molecular complexity index is 434. The topological polar surface area (TPSA) is 35.5 Å². The molecule has 4 heteroatoms. The van der Waals surface area contributed by atoms with Crippen LogP contribution in [0.1, 0.15) is 24.8 Å². The van der Waals surface area contributed by atoms with Crippen molar-refractivity contribution >= 4 is 11.6 Å². The summed E-state index contributed by atoms with van der Waals surface area (Å²) in [6.45, 7) is 3.05. The standard InChI is InChI=1S/C14H19ClN2O/c15-13-3-1-2-10(14(13)18)8-16-11-6-7-17(9-11)12-4-5-12/h1-3,11-12,16,18H,4-9H2. The van der Waals surface area contributed by atoms with Gasteiger partial charge in [0, 0.05) is 37.3 Å². The molecule has 1 aliphatic carbocycles. The second-order valence-electron chi connectivity index (χ2n) is 5.34. The molecule has 1 unspecified atom stereocenters. The Morgan fingerprint density at radius 1 is 1.33 bits per heavy atom. The summed E-state index contributed by atoms with van der Waals surface area (Å²) < 4.78 is 0. The fourth-order valence-corrected chi connectivity index (χ4v) is 2.88. The average Bonchev–Trinajstić information content (AvgIpc) is 3.11. The summed E-state index contributed by atoms with van der Waals surface area (Å²) >= 11 is 5.90. The van der Waals surface area contributed by atoms with E-state index in [9.17, 15) is 5.11 Å². The summed E-state index contributed by atoms with van der Waals surface area (Å²) in [4.78, 5) is 2.58. The van der Waals surface area contributed by atoms with Crippen LogP contribution in [0, 0.1) is 0 Å². The molecule has 2 N–H and O–H groups in total. The first kappa shape index (κ1) is 12.3.